The van der Waals surface area contributed by atoms with Crippen LogP contribution in [0.15, 0.2) is 24.4 Å². The van der Waals surface area contributed by atoms with Crippen LogP contribution in [0.4, 0.5) is 0 Å². The van der Waals surface area contributed by atoms with Crippen LogP contribution < -0.4 is 4.84 Å². The summed E-state index contributed by atoms with van der Waals surface area (Å²) in [4.78, 5) is 23.4. The summed E-state index contributed by atoms with van der Waals surface area (Å²) in [5.41, 5.74) is 1.18. The highest BCUT2D eigenvalue weighted by atomic mass is 32.1. The molecule has 2 aromatic rings. The molecule has 0 saturated carbocycles. The Morgan fingerprint density at radius 1 is 1.38 bits per heavy atom. The van der Waals surface area contributed by atoms with Crippen LogP contribution in [0.1, 0.15) is 21.7 Å². The number of hydrogen-bond donors (Lipinski definition) is 0. The summed E-state index contributed by atoms with van der Waals surface area (Å²) in [6.45, 7) is 3.79. The summed E-state index contributed by atoms with van der Waals surface area (Å²) < 4.78 is 4.87. The number of methoxy groups -OCH3 is 1. The molecule has 3 rings (SSSR count). The molecule has 110 valence electrons. The number of aromatic nitrogens is 1. The van der Waals surface area contributed by atoms with Crippen LogP contribution in [0.5, 0.6) is 5.75 Å². The number of hydroxylamine groups is 2. The second-order valence-corrected chi connectivity index (χ2v) is 6.05. The Balaban J connectivity index is 2.07. The standard InChI is InChI=1S/C15H16N2O3S/c1-10-9-16-14(21-10)13-11(15(18)19-2)5-3-6-12(13)20-17-7-4-8-17/h3,5-6,9H,4,7-8H2,1-2H3. The summed E-state index contributed by atoms with van der Waals surface area (Å²) in [6, 6.07) is 5.39. The lowest BCUT2D eigenvalue weighted by molar-refractivity contribution is -0.106. The summed E-state index contributed by atoms with van der Waals surface area (Å²) in [7, 11) is 1.38. The Morgan fingerprint density at radius 2 is 2.19 bits per heavy atom. The molecule has 0 unspecified atom stereocenters. The summed E-state index contributed by atoms with van der Waals surface area (Å²) in [6.07, 6.45) is 2.92. The number of esters is 1. The number of ether oxygens (including phenoxy) is 1. The van der Waals surface area contributed by atoms with Crippen molar-refractivity contribution in [3.8, 4) is 16.3 Å². The minimum absolute atomic E-state index is 0.382. The maximum absolute atomic E-state index is 12.0. The van der Waals surface area contributed by atoms with Crippen LogP contribution in [-0.4, -0.2) is 36.2 Å². The molecule has 21 heavy (non-hydrogen) atoms. The van der Waals surface area contributed by atoms with Crippen LogP contribution in [0, 0.1) is 6.92 Å². The highest BCUT2D eigenvalue weighted by molar-refractivity contribution is 7.15. The molecule has 0 amide bonds. The fourth-order valence-corrected chi connectivity index (χ4v) is 2.92. The molecule has 0 N–H and O–H groups in total. The average Bonchev–Trinajstić information content (AvgIpc) is 2.88. The molecule has 1 saturated heterocycles. The van der Waals surface area contributed by atoms with Gasteiger partial charge in [-0.15, -0.1) is 16.4 Å². The highest BCUT2D eigenvalue weighted by Gasteiger charge is 2.23. The van der Waals surface area contributed by atoms with Gasteiger partial charge in [0.05, 0.1) is 18.2 Å². The van der Waals surface area contributed by atoms with E-state index in [1.807, 2.05) is 18.1 Å². The number of nitrogens with zero attached hydrogens (tertiary/aromatic N) is 2. The Kier molecular flexibility index (Phi) is 3.90. The summed E-state index contributed by atoms with van der Waals surface area (Å²) >= 11 is 1.53. The van der Waals surface area contributed by atoms with E-state index >= 15 is 0 Å². The smallest absolute Gasteiger partial charge is 0.338 e. The van der Waals surface area contributed by atoms with Crippen LogP contribution in [0.3, 0.4) is 0 Å². The van der Waals surface area contributed by atoms with Gasteiger partial charge in [0.15, 0.2) is 5.75 Å². The lowest BCUT2D eigenvalue weighted by Gasteiger charge is -2.30. The van der Waals surface area contributed by atoms with E-state index in [0.717, 1.165) is 29.4 Å². The first-order valence-electron chi connectivity index (χ1n) is 6.76. The van der Waals surface area contributed by atoms with Crippen LogP contribution in [-0.2, 0) is 4.74 Å². The molecule has 5 nitrogen and oxygen atoms in total. The molecule has 1 fully saturated rings. The Bertz CT molecular complexity index is 665. The third-order valence-corrected chi connectivity index (χ3v) is 4.24. The summed E-state index contributed by atoms with van der Waals surface area (Å²) in [5.74, 6) is 0.263. The van der Waals surface area contributed by atoms with Crippen molar-refractivity contribution in [2.75, 3.05) is 20.2 Å². The van der Waals surface area contributed by atoms with E-state index in [9.17, 15) is 4.79 Å². The Hall–Kier alpha value is -1.92. The van der Waals surface area contributed by atoms with E-state index in [2.05, 4.69) is 4.98 Å². The number of hydrogen-bond acceptors (Lipinski definition) is 6. The normalized spacial score (nSPS) is 14.6. The van der Waals surface area contributed by atoms with Crippen molar-refractivity contribution in [1.82, 2.24) is 10.0 Å². The van der Waals surface area contributed by atoms with Crippen molar-refractivity contribution in [2.45, 2.75) is 13.3 Å². The van der Waals surface area contributed by atoms with Crippen molar-refractivity contribution in [3.05, 3.63) is 34.8 Å². The predicted molar refractivity (Wildman–Crippen MR) is 80.4 cm³/mol. The third-order valence-electron chi connectivity index (χ3n) is 3.31. The van der Waals surface area contributed by atoms with Gasteiger partial charge < -0.3 is 9.57 Å². The first kappa shape index (κ1) is 14.0. The van der Waals surface area contributed by atoms with Gasteiger partial charge in [-0.1, -0.05) is 6.07 Å². The second-order valence-electron chi connectivity index (χ2n) is 4.82. The van der Waals surface area contributed by atoms with Crippen molar-refractivity contribution >= 4 is 17.3 Å². The molecule has 0 spiro atoms. The first-order valence-corrected chi connectivity index (χ1v) is 7.57. The predicted octanol–water partition coefficient (Wildman–Crippen LogP) is 2.90. The number of thiazole rings is 1. The molecule has 1 aliphatic rings. The molecule has 0 atom stereocenters. The van der Waals surface area contributed by atoms with Gasteiger partial charge in [0.2, 0.25) is 0 Å². The van der Waals surface area contributed by atoms with E-state index < -0.39 is 0 Å². The van der Waals surface area contributed by atoms with Gasteiger partial charge in [-0.05, 0) is 25.5 Å². The number of aryl methyl sites for hydroxylation is 1. The quantitative estimate of drug-likeness (QED) is 0.813. The Labute approximate surface area is 127 Å². The fourth-order valence-electron chi connectivity index (χ4n) is 2.10. The van der Waals surface area contributed by atoms with Crippen LogP contribution >= 0.6 is 11.3 Å². The molecule has 0 radical (unpaired) electrons. The van der Waals surface area contributed by atoms with E-state index in [1.165, 1.54) is 18.4 Å². The van der Waals surface area contributed by atoms with Gasteiger partial charge in [-0.25, -0.2) is 9.78 Å². The van der Waals surface area contributed by atoms with Gasteiger partial charge in [0, 0.05) is 24.2 Å². The van der Waals surface area contributed by atoms with Gasteiger partial charge >= 0.3 is 5.97 Å². The number of rotatable bonds is 4. The lowest BCUT2D eigenvalue weighted by atomic mass is 10.1. The van der Waals surface area contributed by atoms with E-state index in [4.69, 9.17) is 9.57 Å². The van der Waals surface area contributed by atoms with Crippen molar-refractivity contribution in [2.24, 2.45) is 0 Å². The Morgan fingerprint density at radius 3 is 2.76 bits per heavy atom. The molecular weight excluding hydrogens is 288 g/mol. The maximum atomic E-state index is 12.0. The number of carbonyl (C=O) groups excluding carboxylic acids is 1. The van der Waals surface area contributed by atoms with Gasteiger partial charge in [0.1, 0.15) is 5.01 Å². The largest absolute Gasteiger partial charge is 0.465 e. The van der Waals surface area contributed by atoms with E-state index in [1.54, 1.807) is 18.3 Å². The van der Waals surface area contributed by atoms with Crippen molar-refractivity contribution < 1.29 is 14.4 Å². The zero-order valence-electron chi connectivity index (χ0n) is 12.0. The van der Waals surface area contributed by atoms with E-state index in [0.29, 0.717) is 16.9 Å². The van der Waals surface area contributed by atoms with Crippen LogP contribution in [0.25, 0.3) is 10.6 Å². The zero-order valence-corrected chi connectivity index (χ0v) is 12.8. The van der Waals surface area contributed by atoms with Gasteiger partial charge in [-0.3, -0.25) is 0 Å². The number of carbonyl (C=O) groups is 1. The molecule has 1 aromatic heterocycles. The molecule has 2 heterocycles. The second kappa shape index (κ2) is 5.83. The number of benzene rings is 1. The molecular formula is C15H16N2O3S. The zero-order chi connectivity index (χ0) is 14.8. The molecule has 0 aliphatic carbocycles. The molecule has 0 bridgehead atoms. The van der Waals surface area contributed by atoms with Crippen molar-refractivity contribution in [3.63, 3.8) is 0 Å². The lowest BCUT2D eigenvalue weighted by Crippen LogP contribution is -2.39. The summed E-state index contributed by atoms with van der Waals surface area (Å²) in [5, 5.41) is 2.64. The SMILES string of the molecule is COC(=O)c1cccc(ON2CCC2)c1-c1ncc(C)s1. The molecule has 1 aliphatic heterocycles. The minimum Gasteiger partial charge on any atom is -0.465 e. The molecule has 6 heteroatoms. The average molecular weight is 304 g/mol. The maximum Gasteiger partial charge on any atom is 0.338 e. The fraction of sp³-hybridized carbons (Fsp3) is 0.333. The third kappa shape index (κ3) is 2.77. The monoisotopic (exact) mass is 304 g/mol. The van der Waals surface area contributed by atoms with Gasteiger partial charge in [0.25, 0.3) is 0 Å². The minimum atomic E-state index is -0.382. The van der Waals surface area contributed by atoms with Gasteiger partial charge in [-0.2, -0.15) is 0 Å². The highest BCUT2D eigenvalue weighted by Crippen LogP contribution is 2.37. The topological polar surface area (TPSA) is 51.7 Å². The first-order chi connectivity index (χ1) is 10.2. The van der Waals surface area contributed by atoms with Crippen molar-refractivity contribution in [1.29, 1.82) is 0 Å². The molecule has 1 aromatic carbocycles. The van der Waals surface area contributed by atoms with E-state index in [-0.39, 0.29) is 5.97 Å². The van der Waals surface area contributed by atoms with Crippen LogP contribution in [0.2, 0.25) is 0 Å².